The van der Waals surface area contributed by atoms with Crippen molar-refractivity contribution in [3.05, 3.63) is 0 Å². The normalized spacial score (nSPS) is 13.3. The highest BCUT2D eigenvalue weighted by Gasteiger charge is 2.31. The lowest BCUT2D eigenvalue weighted by Gasteiger charge is -2.33. The number of hydrogen-bond acceptors (Lipinski definition) is 1. The van der Waals surface area contributed by atoms with E-state index >= 15 is 0 Å². The molecule has 0 fully saturated rings. The summed E-state index contributed by atoms with van der Waals surface area (Å²) in [7, 11) is 0. The average molecular weight is 212 g/mol. The van der Waals surface area contributed by atoms with E-state index in [1.165, 1.54) is 12.8 Å². The first kappa shape index (κ1) is 14.7. The van der Waals surface area contributed by atoms with Gasteiger partial charge in [0.1, 0.15) is 5.78 Å². The Balaban J connectivity index is 4.30. The van der Waals surface area contributed by atoms with Crippen LogP contribution in [0.4, 0.5) is 0 Å². The molecule has 90 valence electrons. The second-order valence-corrected chi connectivity index (χ2v) is 6.71. The molecule has 0 spiro atoms. The largest absolute Gasteiger partial charge is 0.299 e. The van der Waals surface area contributed by atoms with Gasteiger partial charge < -0.3 is 0 Å². The number of carbonyl (C=O) groups excluding carboxylic acids is 1. The first-order valence-corrected chi connectivity index (χ1v) is 6.08. The molecule has 0 unspecified atom stereocenters. The first-order chi connectivity index (χ1) is 6.57. The molecule has 1 heteroatoms. The molecule has 0 aliphatic carbocycles. The van der Waals surface area contributed by atoms with Crippen LogP contribution < -0.4 is 0 Å². The maximum absolute atomic E-state index is 11.5. The lowest BCUT2D eigenvalue weighted by Crippen LogP contribution is -2.29. The van der Waals surface area contributed by atoms with E-state index in [-0.39, 0.29) is 10.8 Å². The van der Waals surface area contributed by atoms with E-state index in [1.54, 1.807) is 6.92 Å². The molecule has 15 heavy (non-hydrogen) atoms. The minimum Gasteiger partial charge on any atom is -0.299 e. The fourth-order valence-electron chi connectivity index (χ4n) is 2.09. The molecule has 0 aliphatic heterocycles. The van der Waals surface area contributed by atoms with Crippen molar-refractivity contribution >= 4 is 5.78 Å². The van der Waals surface area contributed by atoms with Crippen molar-refractivity contribution in [1.29, 1.82) is 0 Å². The minimum atomic E-state index is -0.166. The van der Waals surface area contributed by atoms with Crippen LogP contribution in [0.1, 0.15) is 67.7 Å². The van der Waals surface area contributed by atoms with Gasteiger partial charge in [-0.05, 0) is 31.1 Å². The molecule has 0 aromatic heterocycles. The van der Waals surface area contributed by atoms with Crippen molar-refractivity contribution in [2.75, 3.05) is 0 Å². The van der Waals surface area contributed by atoms with Crippen LogP contribution in [0, 0.1) is 16.7 Å². The molecule has 0 radical (unpaired) electrons. The molecule has 0 saturated carbocycles. The monoisotopic (exact) mass is 212 g/mol. The van der Waals surface area contributed by atoms with Crippen molar-refractivity contribution in [1.82, 2.24) is 0 Å². The molecule has 0 atom stereocenters. The van der Waals surface area contributed by atoms with Gasteiger partial charge >= 0.3 is 0 Å². The van der Waals surface area contributed by atoms with Gasteiger partial charge in [-0.1, -0.05) is 48.0 Å². The van der Waals surface area contributed by atoms with Gasteiger partial charge in [-0.2, -0.15) is 0 Å². The van der Waals surface area contributed by atoms with Gasteiger partial charge in [-0.3, -0.25) is 4.79 Å². The molecule has 0 N–H and O–H groups in total. The highest BCUT2D eigenvalue weighted by atomic mass is 16.1. The number of rotatable bonds is 6. The molecule has 0 aromatic rings. The van der Waals surface area contributed by atoms with Crippen LogP contribution in [-0.4, -0.2) is 5.78 Å². The summed E-state index contributed by atoms with van der Waals surface area (Å²) in [4.78, 5) is 11.5. The van der Waals surface area contributed by atoms with E-state index in [2.05, 4.69) is 41.5 Å². The smallest absolute Gasteiger partial charge is 0.135 e. The summed E-state index contributed by atoms with van der Waals surface area (Å²) >= 11 is 0. The third-order valence-electron chi connectivity index (χ3n) is 3.27. The molecule has 0 saturated heterocycles. The second-order valence-electron chi connectivity index (χ2n) is 6.71. The first-order valence-electron chi connectivity index (χ1n) is 6.08. The number of carbonyl (C=O) groups is 1. The molecule has 0 aromatic carbocycles. The van der Waals surface area contributed by atoms with Crippen LogP contribution in [0.15, 0.2) is 0 Å². The van der Waals surface area contributed by atoms with E-state index < -0.39 is 0 Å². The maximum atomic E-state index is 11.5. The van der Waals surface area contributed by atoms with E-state index in [1.807, 2.05) is 0 Å². The summed E-state index contributed by atoms with van der Waals surface area (Å²) in [6.07, 6.45) is 3.45. The van der Waals surface area contributed by atoms with E-state index in [0.717, 1.165) is 12.3 Å². The molecular weight excluding hydrogens is 184 g/mol. The third kappa shape index (κ3) is 5.96. The summed E-state index contributed by atoms with van der Waals surface area (Å²) < 4.78 is 0. The van der Waals surface area contributed by atoms with Crippen LogP contribution >= 0.6 is 0 Å². The summed E-state index contributed by atoms with van der Waals surface area (Å²) in [6.45, 7) is 14.9. The molecule has 1 nitrogen and oxygen atoms in total. The fourth-order valence-corrected chi connectivity index (χ4v) is 2.09. The Kier molecular flexibility index (Phi) is 5.02. The average Bonchev–Trinajstić information content (AvgIpc) is 1.99. The summed E-state index contributed by atoms with van der Waals surface area (Å²) in [5.41, 5.74) is 0.111. The molecule has 0 heterocycles. The Morgan fingerprint density at radius 3 is 1.93 bits per heavy atom. The Morgan fingerprint density at radius 2 is 1.60 bits per heavy atom. The third-order valence-corrected chi connectivity index (χ3v) is 3.27. The molecule has 0 rings (SSSR count). The van der Waals surface area contributed by atoms with Gasteiger partial charge in [0, 0.05) is 5.41 Å². The van der Waals surface area contributed by atoms with Crippen molar-refractivity contribution in [2.45, 2.75) is 67.7 Å². The van der Waals surface area contributed by atoms with Gasteiger partial charge in [0.05, 0.1) is 0 Å². The van der Waals surface area contributed by atoms with Gasteiger partial charge in [-0.15, -0.1) is 0 Å². The van der Waals surface area contributed by atoms with E-state index in [4.69, 9.17) is 0 Å². The van der Waals surface area contributed by atoms with Gasteiger partial charge in [0.25, 0.3) is 0 Å². The predicted octanol–water partition coefficient (Wildman–Crippen LogP) is 4.45. The zero-order valence-electron chi connectivity index (χ0n) is 11.6. The second kappa shape index (κ2) is 5.14. The maximum Gasteiger partial charge on any atom is 0.135 e. The van der Waals surface area contributed by atoms with Crippen molar-refractivity contribution in [2.24, 2.45) is 16.7 Å². The number of hydrogen-bond donors (Lipinski definition) is 0. The number of Topliss-reactive ketones (excluding diaryl/α,β-unsaturated/α-hetero) is 1. The molecule has 0 bridgehead atoms. The van der Waals surface area contributed by atoms with Crippen LogP contribution in [0.25, 0.3) is 0 Å². The SMILES string of the molecule is CC(=O)C(C)(C)CC(C)(C)CCC(C)C. The van der Waals surface area contributed by atoms with Crippen LogP contribution in [0.5, 0.6) is 0 Å². The zero-order chi connectivity index (χ0) is 12.3. The number of ketones is 1. The van der Waals surface area contributed by atoms with Crippen LogP contribution in [0.2, 0.25) is 0 Å². The Bertz CT molecular complexity index is 211. The summed E-state index contributed by atoms with van der Waals surface area (Å²) in [5, 5.41) is 0. The van der Waals surface area contributed by atoms with Crippen molar-refractivity contribution < 1.29 is 4.79 Å². The van der Waals surface area contributed by atoms with Gasteiger partial charge in [0.2, 0.25) is 0 Å². The zero-order valence-corrected chi connectivity index (χ0v) is 11.6. The standard InChI is InChI=1S/C14H28O/c1-11(2)8-9-13(4,5)10-14(6,7)12(3)15/h11H,8-10H2,1-7H3. The van der Waals surface area contributed by atoms with Crippen LogP contribution in [-0.2, 0) is 4.79 Å². The lowest BCUT2D eigenvalue weighted by atomic mass is 9.70. The van der Waals surface area contributed by atoms with Crippen LogP contribution in [0.3, 0.4) is 0 Å². The van der Waals surface area contributed by atoms with E-state index in [0.29, 0.717) is 5.78 Å². The predicted molar refractivity (Wildman–Crippen MR) is 66.9 cm³/mol. The molecular formula is C14H28O. The Hall–Kier alpha value is -0.330. The Labute approximate surface area is 95.6 Å². The fraction of sp³-hybridized carbons (Fsp3) is 0.929. The highest BCUT2D eigenvalue weighted by Crippen LogP contribution is 2.38. The topological polar surface area (TPSA) is 17.1 Å². The van der Waals surface area contributed by atoms with Gasteiger partial charge in [-0.25, -0.2) is 0 Å². The van der Waals surface area contributed by atoms with E-state index in [9.17, 15) is 4.79 Å². The highest BCUT2D eigenvalue weighted by molar-refractivity contribution is 5.81. The van der Waals surface area contributed by atoms with Gasteiger partial charge in [0.15, 0.2) is 0 Å². The minimum absolute atomic E-state index is 0.166. The lowest BCUT2D eigenvalue weighted by molar-refractivity contribution is -0.126. The van der Waals surface area contributed by atoms with Crippen molar-refractivity contribution in [3.63, 3.8) is 0 Å². The molecule has 0 amide bonds. The quantitative estimate of drug-likeness (QED) is 0.635. The molecule has 0 aliphatic rings. The van der Waals surface area contributed by atoms with Crippen molar-refractivity contribution in [3.8, 4) is 0 Å². The summed E-state index contributed by atoms with van der Waals surface area (Å²) in [6, 6.07) is 0. The Morgan fingerprint density at radius 1 is 1.13 bits per heavy atom. The summed E-state index contributed by atoms with van der Waals surface area (Å²) in [5.74, 6) is 1.06.